The normalized spacial score (nSPS) is 12.5. The highest BCUT2D eigenvalue weighted by molar-refractivity contribution is 14.0. The van der Waals surface area contributed by atoms with Gasteiger partial charge in [0.25, 0.3) is 0 Å². The van der Waals surface area contributed by atoms with Crippen LogP contribution < -0.4 is 15.4 Å². The molecule has 22 heavy (non-hydrogen) atoms. The van der Waals surface area contributed by atoms with Gasteiger partial charge in [-0.05, 0) is 37.0 Å². The van der Waals surface area contributed by atoms with Gasteiger partial charge in [0.15, 0.2) is 5.96 Å². The van der Waals surface area contributed by atoms with Crippen molar-refractivity contribution in [3.05, 3.63) is 29.8 Å². The number of rotatable bonds is 7. The Morgan fingerprint density at radius 1 is 1.18 bits per heavy atom. The maximum atomic E-state index is 5.70. The topological polar surface area (TPSA) is 45.7 Å². The van der Waals surface area contributed by atoms with Gasteiger partial charge in [0.2, 0.25) is 0 Å². The van der Waals surface area contributed by atoms with E-state index in [1.807, 2.05) is 12.1 Å². The van der Waals surface area contributed by atoms with E-state index in [0.717, 1.165) is 31.3 Å². The third kappa shape index (κ3) is 7.87. The van der Waals surface area contributed by atoms with E-state index in [4.69, 9.17) is 4.74 Å². The Labute approximate surface area is 152 Å². The number of ether oxygens (including phenoxy) is 1. The van der Waals surface area contributed by atoms with Gasteiger partial charge in [-0.15, -0.1) is 24.0 Å². The van der Waals surface area contributed by atoms with Gasteiger partial charge in [-0.3, -0.25) is 4.99 Å². The first kappa shape index (κ1) is 21.0. The summed E-state index contributed by atoms with van der Waals surface area (Å²) in [6.07, 6.45) is 1.08. The molecule has 1 rings (SSSR count). The summed E-state index contributed by atoms with van der Waals surface area (Å²) in [7, 11) is 1.79. The lowest BCUT2D eigenvalue weighted by Gasteiger charge is -2.18. The number of nitrogens with one attached hydrogen (secondary N) is 2. The number of aliphatic imine (C=N–C) groups is 1. The lowest BCUT2D eigenvalue weighted by atomic mass is 10.1. The molecule has 4 nitrogen and oxygen atoms in total. The van der Waals surface area contributed by atoms with E-state index in [-0.39, 0.29) is 30.0 Å². The van der Waals surface area contributed by atoms with Crippen molar-refractivity contribution >= 4 is 29.9 Å². The van der Waals surface area contributed by atoms with Crippen molar-refractivity contribution in [3.8, 4) is 5.75 Å². The zero-order valence-electron chi connectivity index (χ0n) is 14.3. The first-order chi connectivity index (χ1) is 10.1. The van der Waals surface area contributed by atoms with Crippen LogP contribution in [0.25, 0.3) is 0 Å². The van der Waals surface area contributed by atoms with E-state index < -0.39 is 0 Å². The molecule has 0 aromatic heterocycles. The molecule has 5 heteroatoms. The minimum absolute atomic E-state index is 0. The van der Waals surface area contributed by atoms with Crippen molar-refractivity contribution in [3.63, 3.8) is 0 Å². The summed E-state index contributed by atoms with van der Waals surface area (Å²) in [6.45, 7) is 10.2. The number of hydrogen-bond acceptors (Lipinski definition) is 2. The van der Waals surface area contributed by atoms with Crippen LogP contribution in [-0.2, 0) is 0 Å². The highest BCUT2D eigenvalue weighted by Crippen LogP contribution is 2.18. The number of benzene rings is 1. The SMILES string of the molecule is CCCNC(=NC)NC(C)c1ccc(OCC(C)C)cc1.I. The second-order valence-electron chi connectivity index (χ2n) is 5.64. The van der Waals surface area contributed by atoms with Crippen LogP contribution >= 0.6 is 24.0 Å². The molecule has 0 saturated carbocycles. The quantitative estimate of drug-likeness (QED) is 0.399. The van der Waals surface area contributed by atoms with Crippen LogP contribution in [0.2, 0.25) is 0 Å². The van der Waals surface area contributed by atoms with E-state index in [0.29, 0.717) is 5.92 Å². The van der Waals surface area contributed by atoms with Crippen molar-refractivity contribution in [2.45, 2.75) is 40.2 Å². The van der Waals surface area contributed by atoms with E-state index in [2.05, 4.69) is 55.5 Å². The monoisotopic (exact) mass is 419 g/mol. The van der Waals surface area contributed by atoms with Gasteiger partial charge in [0.1, 0.15) is 5.75 Å². The first-order valence-corrected chi connectivity index (χ1v) is 7.76. The van der Waals surface area contributed by atoms with Crippen LogP contribution in [0.4, 0.5) is 0 Å². The summed E-state index contributed by atoms with van der Waals surface area (Å²) < 4.78 is 5.70. The standard InChI is InChI=1S/C17H29N3O.HI/c1-6-11-19-17(18-5)20-14(4)15-7-9-16(10-8-15)21-12-13(2)3;/h7-10,13-14H,6,11-12H2,1-5H3,(H2,18,19,20);1H. The van der Waals surface area contributed by atoms with Gasteiger partial charge >= 0.3 is 0 Å². The molecule has 2 N–H and O–H groups in total. The fourth-order valence-electron chi connectivity index (χ4n) is 1.84. The maximum Gasteiger partial charge on any atom is 0.191 e. The van der Waals surface area contributed by atoms with E-state index in [9.17, 15) is 0 Å². The molecule has 1 unspecified atom stereocenters. The summed E-state index contributed by atoms with van der Waals surface area (Å²) in [5.41, 5.74) is 1.21. The second-order valence-corrected chi connectivity index (χ2v) is 5.64. The first-order valence-electron chi connectivity index (χ1n) is 7.76. The molecule has 0 amide bonds. The molecular weight excluding hydrogens is 389 g/mol. The summed E-state index contributed by atoms with van der Waals surface area (Å²) in [5.74, 6) is 2.30. The molecule has 1 aromatic rings. The summed E-state index contributed by atoms with van der Waals surface area (Å²) >= 11 is 0. The van der Waals surface area contributed by atoms with Crippen molar-refractivity contribution in [1.82, 2.24) is 10.6 Å². The van der Waals surface area contributed by atoms with Gasteiger partial charge < -0.3 is 15.4 Å². The third-order valence-electron chi connectivity index (χ3n) is 3.08. The van der Waals surface area contributed by atoms with Crippen LogP contribution in [-0.4, -0.2) is 26.2 Å². The Bertz CT molecular complexity index is 432. The summed E-state index contributed by atoms with van der Waals surface area (Å²) in [5, 5.41) is 6.66. The molecule has 0 spiro atoms. The number of nitrogens with zero attached hydrogens (tertiary/aromatic N) is 1. The van der Waals surface area contributed by atoms with Crippen LogP contribution in [0, 0.1) is 5.92 Å². The Morgan fingerprint density at radius 2 is 1.82 bits per heavy atom. The van der Waals surface area contributed by atoms with Crippen molar-refractivity contribution in [1.29, 1.82) is 0 Å². The molecule has 0 aliphatic carbocycles. The Hall–Kier alpha value is -0.980. The van der Waals surface area contributed by atoms with Crippen molar-refractivity contribution in [2.75, 3.05) is 20.2 Å². The highest BCUT2D eigenvalue weighted by Gasteiger charge is 2.07. The van der Waals surface area contributed by atoms with Gasteiger partial charge in [0.05, 0.1) is 12.6 Å². The lowest BCUT2D eigenvalue weighted by Crippen LogP contribution is -2.38. The van der Waals surface area contributed by atoms with Crippen LogP contribution in [0.5, 0.6) is 5.75 Å². The van der Waals surface area contributed by atoms with E-state index in [1.54, 1.807) is 7.05 Å². The Balaban J connectivity index is 0.00000441. The molecule has 0 saturated heterocycles. The van der Waals surface area contributed by atoms with Crippen LogP contribution in [0.3, 0.4) is 0 Å². The zero-order valence-corrected chi connectivity index (χ0v) is 16.7. The minimum Gasteiger partial charge on any atom is -0.493 e. The summed E-state index contributed by atoms with van der Waals surface area (Å²) in [4.78, 5) is 4.23. The Kier molecular flexibility index (Phi) is 11.1. The summed E-state index contributed by atoms with van der Waals surface area (Å²) in [6, 6.07) is 8.45. The zero-order chi connectivity index (χ0) is 15.7. The molecule has 0 aliphatic rings. The predicted molar refractivity (Wildman–Crippen MR) is 105 cm³/mol. The highest BCUT2D eigenvalue weighted by atomic mass is 127. The van der Waals surface area contributed by atoms with E-state index >= 15 is 0 Å². The molecular formula is C17H30IN3O. The fourth-order valence-corrected chi connectivity index (χ4v) is 1.84. The van der Waals surface area contributed by atoms with Crippen LogP contribution in [0.1, 0.15) is 45.7 Å². The smallest absolute Gasteiger partial charge is 0.191 e. The van der Waals surface area contributed by atoms with Crippen molar-refractivity contribution < 1.29 is 4.74 Å². The average Bonchev–Trinajstić information content (AvgIpc) is 2.49. The molecule has 0 aliphatic heterocycles. The van der Waals surface area contributed by atoms with Gasteiger partial charge in [-0.2, -0.15) is 0 Å². The van der Waals surface area contributed by atoms with Gasteiger partial charge in [0, 0.05) is 13.6 Å². The average molecular weight is 419 g/mol. The van der Waals surface area contributed by atoms with Crippen LogP contribution in [0.15, 0.2) is 29.3 Å². The van der Waals surface area contributed by atoms with Gasteiger partial charge in [-0.25, -0.2) is 0 Å². The third-order valence-corrected chi connectivity index (χ3v) is 3.08. The molecule has 0 heterocycles. The van der Waals surface area contributed by atoms with E-state index in [1.165, 1.54) is 5.56 Å². The lowest BCUT2D eigenvalue weighted by molar-refractivity contribution is 0.271. The number of halogens is 1. The molecule has 0 radical (unpaired) electrons. The second kappa shape index (κ2) is 11.6. The fraction of sp³-hybridized carbons (Fsp3) is 0.588. The van der Waals surface area contributed by atoms with Gasteiger partial charge in [-0.1, -0.05) is 32.9 Å². The molecule has 0 fully saturated rings. The largest absolute Gasteiger partial charge is 0.493 e. The molecule has 1 aromatic carbocycles. The maximum absolute atomic E-state index is 5.70. The number of guanidine groups is 1. The Morgan fingerprint density at radius 3 is 2.32 bits per heavy atom. The minimum atomic E-state index is 0. The number of hydrogen-bond donors (Lipinski definition) is 2. The van der Waals surface area contributed by atoms with Crippen molar-refractivity contribution in [2.24, 2.45) is 10.9 Å². The molecule has 126 valence electrons. The molecule has 1 atom stereocenters. The molecule has 0 bridgehead atoms. The predicted octanol–water partition coefficient (Wildman–Crippen LogP) is 3.98.